The van der Waals surface area contributed by atoms with E-state index in [1.807, 2.05) is 22.8 Å². The number of para-hydroxylation sites is 1. The van der Waals surface area contributed by atoms with Crippen molar-refractivity contribution in [2.24, 2.45) is 4.99 Å². The van der Waals surface area contributed by atoms with E-state index in [0.717, 1.165) is 10.2 Å². The molecule has 1 aliphatic heterocycles. The first-order valence-corrected chi connectivity index (χ1v) is 13.9. The van der Waals surface area contributed by atoms with Gasteiger partial charge >= 0.3 is 6.09 Å². The molecule has 10 nitrogen and oxygen atoms in total. The van der Waals surface area contributed by atoms with Gasteiger partial charge in [0.2, 0.25) is 10.0 Å². The van der Waals surface area contributed by atoms with Crippen LogP contribution < -0.4 is 9.54 Å². The molecule has 0 saturated carbocycles. The predicted molar refractivity (Wildman–Crippen MR) is 140 cm³/mol. The second kappa shape index (κ2) is 11.3. The summed E-state index contributed by atoms with van der Waals surface area (Å²) in [6.45, 7) is 7.04. The van der Waals surface area contributed by atoms with E-state index < -0.39 is 22.0 Å². The Morgan fingerprint density at radius 3 is 2.43 bits per heavy atom. The molecular weight excluding hydrogens is 516 g/mol. The number of sulfonamides is 1. The lowest BCUT2D eigenvalue weighted by atomic mass is 10.2. The minimum absolute atomic E-state index is 0.0713. The Kier molecular flexibility index (Phi) is 8.10. The van der Waals surface area contributed by atoms with E-state index in [2.05, 4.69) is 11.6 Å². The number of hydrogen-bond donors (Lipinski definition) is 0. The minimum atomic E-state index is -3.78. The molecule has 3 aromatic rings. The number of carbonyl (C=O) groups is 2. The van der Waals surface area contributed by atoms with Gasteiger partial charge in [-0.1, -0.05) is 23.5 Å². The lowest BCUT2D eigenvalue weighted by molar-refractivity contribution is 0.0933. The Bertz CT molecular complexity index is 1480. The molecule has 0 bridgehead atoms. The van der Waals surface area contributed by atoms with Crippen LogP contribution in [0.3, 0.4) is 0 Å². The van der Waals surface area contributed by atoms with Gasteiger partial charge in [-0.2, -0.15) is 9.30 Å². The highest BCUT2D eigenvalue weighted by Crippen LogP contribution is 2.27. The van der Waals surface area contributed by atoms with Crippen LogP contribution in [0.15, 0.2) is 65.0 Å². The summed E-state index contributed by atoms with van der Waals surface area (Å²) in [4.78, 5) is 31.2. The molecule has 0 N–H and O–H groups in total. The number of methoxy groups -OCH3 is 1. The minimum Gasteiger partial charge on any atom is -0.495 e. The Morgan fingerprint density at radius 2 is 1.81 bits per heavy atom. The molecule has 0 unspecified atom stereocenters. The van der Waals surface area contributed by atoms with Gasteiger partial charge in [-0.3, -0.25) is 4.79 Å². The SMILES string of the molecule is C=CCn1c(=NC(=O)c2ccc(S(=O)(=O)N3CCN(C(=O)OCC)CC3)cc2)sc2cccc(OC)c21. The van der Waals surface area contributed by atoms with Crippen molar-refractivity contribution < 1.29 is 27.5 Å². The molecule has 0 aliphatic carbocycles. The van der Waals surface area contributed by atoms with Crippen molar-refractivity contribution >= 4 is 43.6 Å². The van der Waals surface area contributed by atoms with E-state index in [4.69, 9.17) is 9.47 Å². The van der Waals surface area contributed by atoms with Crippen LogP contribution in [0.25, 0.3) is 10.2 Å². The molecule has 1 saturated heterocycles. The first kappa shape index (κ1) is 26.6. The number of piperazine rings is 1. The van der Waals surface area contributed by atoms with Crippen LogP contribution in [0.1, 0.15) is 17.3 Å². The molecule has 37 heavy (non-hydrogen) atoms. The van der Waals surface area contributed by atoms with E-state index in [-0.39, 0.29) is 43.2 Å². The average molecular weight is 545 g/mol. The number of ether oxygens (including phenoxy) is 2. The van der Waals surface area contributed by atoms with Gasteiger partial charge in [0, 0.05) is 38.3 Å². The van der Waals surface area contributed by atoms with Crippen LogP contribution in [0.5, 0.6) is 5.75 Å². The van der Waals surface area contributed by atoms with E-state index >= 15 is 0 Å². The van der Waals surface area contributed by atoms with Crippen LogP contribution in [0.2, 0.25) is 0 Å². The zero-order valence-electron chi connectivity index (χ0n) is 20.6. The molecule has 196 valence electrons. The summed E-state index contributed by atoms with van der Waals surface area (Å²) in [7, 11) is -2.19. The highest BCUT2D eigenvalue weighted by Gasteiger charge is 2.30. The molecule has 0 radical (unpaired) electrons. The third-order valence-corrected chi connectivity index (χ3v) is 8.85. The summed E-state index contributed by atoms with van der Waals surface area (Å²) >= 11 is 1.36. The summed E-state index contributed by atoms with van der Waals surface area (Å²) in [5.74, 6) is 0.178. The standard InChI is InChI=1S/C25H28N4O6S2/c1-4-13-29-22-20(34-3)7-6-8-21(22)36-24(29)26-23(30)18-9-11-19(12-10-18)37(32,33)28-16-14-27(15-17-28)25(31)35-5-2/h4,6-12H,1,5,13-17H2,2-3H3. The lowest BCUT2D eigenvalue weighted by Crippen LogP contribution is -2.50. The summed E-state index contributed by atoms with van der Waals surface area (Å²) in [5.41, 5.74) is 1.09. The molecule has 1 fully saturated rings. The Morgan fingerprint density at radius 1 is 1.11 bits per heavy atom. The number of rotatable bonds is 7. The average Bonchev–Trinajstić information content (AvgIpc) is 3.26. The molecule has 1 aromatic heterocycles. The maximum Gasteiger partial charge on any atom is 0.409 e. The first-order chi connectivity index (χ1) is 17.8. The smallest absolute Gasteiger partial charge is 0.409 e. The molecular formula is C25H28N4O6S2. The van der Waals surface area contributed by atoms with Crippen LogP contribution >= 0.6 is 11.3 Å². The van der Waals surface area contributed by atoms with Crippen LogP contribution in [0.4, 0.5) is 4.79 Å². The zero-order valence-corrected chi connectivity index (χ0v) is 22.3. The maximum atomic E-state index is 13.1. The van der Waals surface area contributed by atoms with Crippen LogP contribution in [-0.4, -0.2) is 74.1 Å². The molecule has 1 aliphatic rings. The van der Waals surface area contributed by atoms with Gasteiger partial charge in [-0.15, -0.1) is 6.58 Å². The topological polar surface area (TPSA) is 111 Å². The molecule has 2 amide bonds. The monoisotopic (exact) mass is 544 g/mol. The summed E-state index contributed by atoms with van der Waals surface area (Å²) in [6, 6.07) is 11.4. The van der Waals surface area contributed by atoms with Crippen LogP contribution in [-0.2, 0) is 21.3 Å². The van der Waals surface area contributed by atoms with Gasteiger partial charge in [-0.05, 0) is 43.3 Å². The molecule has 2 aromatic carbocycles. The first-order valence-electron chi connectivity index (χ1n) is 11.7. The van der Waals surface area contributed by atoms with Gasteiger partial charge in [0.05, 0.1) is 23.3 Å². The highest BCUT2D eigenvalue weighted by molar-refractivity contribution is 7.89. The third kappa shape index (κ3) is 5.45. The quantitative estimate of drug-likeness (QED) is 0.423. The molecule has 0 atom stereocenters. The number of amides is 2. The normalized spacial score (nSPS) is 15.1. The Labute approximate surface area is 219 Å². The fourth-order valence-corrected chi connectivity index (χ4v) is 6.52. The van der Waals surface area contributed by atoms with Gasteiger partial charge in [0.1, 0.15) is 11.3 Å². The van der Waals surface area contributed by atoms with Crippen molar-refractivity contribution in [1.82, 2.24) is 13.8 Å². The number of hydrogen-bond acceptors (Lipinski definition) is 7. The summed E-state index contributed by atoms with van der Waals surface area (Å²) in [5, 5.41) is 0. The predicted octanol–water partition coefficient (Wildman–Crippen LogP) is 3.10. The highest BCUT2D eigenvalue weighted by atomic mass is 32.2. The van der Waals surface area contributed by atoms with E-state index in [9.17, 15) is 18.0 Å². The second-order valence-electron chi connectivity index (χ2n) is 8.12. The van der Waals surface area contributed by atoms with E-state index in [1.54, 1.807) is 20.1 Å². The number of carbonyl (C=O) groups excluding carboxylic acids is 2. The second-order valence-corrected chi connectivity index (χ2v) is 11.1. The summed E-state index contributed by atoms with van der Waals surface area (Å²) < 4.78 is 40.8. The van der Waals surface area contributed by atoms with Crippen molar-refractivity contribution in [2.45, 2.75) is 18.4 Å². The number of thiazole rings is 1. The van der Waals surface area contributed by atoms with Crippen LogP contribution in [0, 0.1) is 0 Å². The molecule has 0 spiro atoms. The Hall–Kier alpha value is -3.48. The number of benzene rings is 2. The van der Waals surface area contributed by atoms with Crippen molar-refractivity contribution in [3.63, 3.8) is 0 Å². The van der Waals surface area contributed by atoms with Gasteiger partial charge < -0.3 is 18.9 Å². The zero-order chi connectivity index (χ0) is 26.6. The number of nitrogens with zero attached hydrogens (tertiary/aromatic N) is 4. The lowest BCUT2D eigenvalue weighted by Gasteiger charge is -2.33. The van der Waals surface area contributed by atoms with E-state index in [1.165, 1.54) is 44.8 Å². The van der Waals surface area contributed by atoms with Gasteiger partial charge in [0.15, 0.2) is 4.80 Å². The number of aromatic nitrogens is 1. The van der Waals surface area contributed by atoms with Crippen molar-refractivity contribution in [2.75, 3.05) is 39.9 Å². The van der Waals surface area contributed by atoms with Gasteiger partial charge in [-0.25, -0.2) is 13.2 Å². The maximum absolute atomic E-state index is 13.1. The van der Waals surface area contributed by atoms with Crippen molar-refractivity contribution in [3.8, 4) is 5.75 Å². The fraction of sp³-hybridized carbons (Fsp3) is 0.320. The van der Waals surface area contributed by atoms with Crippen molar-refractivity contribution in [3.05, 3.63) is 65.5 Å². The third-order valence-electron chi connectivity index (χ3n) is 5.90. The largest absolute Gasteiger partial charge is 0.495 e. The van der Waals surface area contributed by atoms with Crippen molar-refractivity contribution in [1.29, 1.82) is 0 Å². The van der Waals surface area contributed by atoms with E-state index in [0.29, 0.717) is 17.1 Å². The fourth-order valence-electron chi connectivity index (χ4n) is 4.04. The number of fused-ring (bicyclic) bond motifs is 1. The molecule has 4 rings (SSSR count). The number of allylic oxidation sites excluding steroid dienone is 1. The molecule has 2 heterocycles. The van der Waals surface area contributed by atoms with Gasteiger partial charge in [0.25, 0.3) is 5.91 Å². The Balaban J connectivity index is 1.55. The summed E-state index contributed by atoms with van der Waals surface area (Å²) in [6.07, 6.45) is 1.27. The molecule has 12 heteroatoms.